The fraction of sp³-hybridized carbons (Fsp3) is 0.571. The third-order valence-corrected chi connectivity index (χ3v) is 2.51. The topological polar surface area (TPSA) is 12.0 Å². The van der Waals surface area contributed by atoms with Crippen molar-refractivity contribution in [2.45, 2.75) is 13.3 Å². The average Bonchev–Trinajstić information content (AvgIpc) is 1.97. The van der Waals surface area contributed by atoms with Crippen LogP contribution in [0.2, 0.25) is 0 Å². The molecule has 0 fully saturated rings. The lowest BCUT2D eigenvalue weighted by Gasteiger charge is -2.04. The molecular formula is C7H12ClNS2. The van der Waals surface area contributed by atoms with Gasteiger partial charge in [-0.3, -0.25) is 0 Å². The van der Waals surface area contributed by atoms with Crippen molar-refractivity contribution in [3.63, 3.8) is 0 Å². The Hall–Kier alpha value is 0.270. The van der Waals surface area contributed by atoms with Crippen LogP contribution < -0.4 is 5.32 Å². The Kier molecular flexibility index (Phi) is 7.12. The monoisotopic (exact) mass is 209 g/mol. The molecule has 1 nitrogen and oxygen atoms in total. The van der Waals surface area contributed by atoms with E-state index >= 15 is 0 Å². The number of nitrogens with one attached hydrogen (secondary N) is 1. The van der Waals surface area contributed by atoms with E-state index in [0.29, 0.717) is 11.6 Å². The van der Waals surface area contributed by atoms with Crippen molar-refractivity contribution in [2.24, 2.45) is 0 Å². The Balaban J connectivity index is 3.30. The van der Waals surface area contributed by atoms with Crippen LogP contribution in [0.5, 0.6) is 0 Å². The molecule has 0 amide bonds. The molecule has 0 radical (unpaired) electrons. The Morgan fingerprint density at radius 2 is 2.36 bits per heavy atom. The Labute approximate surface area is 82.6 Å². The van der Waals surface area contributed by atoms with E-state index in [-0.39, 0.29) is 0 Å². The zero-order chi connectivity index (χ0) is 8.69. The average molecular weight is 210 g/mol. The highest BCUT2D eigenvalue weighted by Gasteiger charge is 1.94. The molecule has 11 heavy (non-hydrogen) atoms. The lowest BCUT2D eigenvalue weighted by molar-refractivity contribution is 1.06. The Bertz CT molecular complexity index is 147. The first-order valence-corrected chi connectivity index (χ1v) is 5.18. The Morgan fingerprint density at radius 3 is 2.82 bits per heavy atom. The minimum Gasteiger partial charge on any atom is -0.366 e. The van der Waals surface area contributed by atoms with Crippen LogP contribution in [0.1, 0.15) is 13.3 Å². The summed E-state index contributed by atoms with van der Waals surface area (Å²) in [6, 6.07) is 0. The van der Waals surface area contributed by atoms with E-state index in [2.05, 4.69) is 18.8 Å². The van der Waals surface area contributed by atoms with Gasteiger partial charge in [0.1, 0.15) is 4.32 Å². The lowest BCUT2D eigenvalue weighted by atomic mass is 10.6. The molecule has 1 N–H and O–H groups in total. The molecule has 0 heterocycles. The van der Waals surface area contributed by atoms with E-state index in [0.717, 1.165) is 16.5 Å². The van der Waals surface area contributed by atoms with Gasteiger partial charge in [0.05, 0.1) is 6.54 Å². The van der Waals surface area contributed by atoms with E-state index in [9.17, 15) is 0 Å². The quantitative estimate of drug-likeness (QED) is 0.716. The van der Waals surface area contributed by atoms with E-state index < -0.39 is 0 Å². The van der Waals surface area contributed by atoms with Gasteiger partial charge in [-0.05, 0) is 12.2 Å². The van der Waals surface area contributed by atoms with Gasteiger partial charge in [0.15, 0.2) is 0 Å². The minimum atomic E-state index is 0.567. The Morgan fingerprint density at radius 1 is 1.73 bits per heavy atom. The van der Waals surface area contributed by atoms with E-state index in [1.54, 1.807) is 11.8 Å². The van der Waals surface area contributed by atoms with Crippen LogP contribution in [0.4, 0.5) is 0 Å². The molecule has 0 aliphatic carbocycles. The minimum absolute atomic E-state index is 0.567. The van der Waals surface area contributed by atoms with Gasteiger partial charge >= 0.3 is 0 Å². The number of rotatable bonds is 4. The van der Waals surface area contributed by atoms with Crippen LogP contribution in [0.3, 0.4) is 0 Å². The number of thiocarbonyl (C=S) groups is 1. The van der Waals surface area contributed by atoms with Crippen LogP contribution in [0.15, 0.2) is 11.6 Å². The van der Waals surface area contributed by atoms with Gasteiger partial charge in [-0.1, -0.05) is 49.1 Å². The third kappa shape index (κ3) is 8.17. The smallest absolute Gasteiger partial charge is 0.134 e. The summed E-state index contributed by atoms with van der Waals surface area (Å²) >= 11 is 12.2. The molecule has 0 saturated heterocycles. The maximum atomic E-state index is 5.53. The third-order valence-electron chi connectivity index (χ3n) is 0.862. The van der Waals surface area contributed by atoms with Gasteiger partial charge in [0, 0.05) is 5.03 Å². The van der Waals surface area contributed by atoms with Crippen molar-refractivity contribution in [2.75, 3.05) is 12.3 Å². The van der Waals surface area contributed by atoms with Gasteiger partial charge in [-0.25, -0.2) is 0 Å². The van der Waals surface area contributed by atoms with Crippen molar-refractivity contribution in [3.8, 4) is 0 Å². The molecule has 0 aliphatic rings. The summed E-state index contributed by atoms with van der Waals surface area (Å²) in [6.45, 7) is 6.23. The maximum absolute atomic E-state index is 5.53. The van der Waals surface area contributed by atoms with Crippen LogP contribution in [0, 0.1) is 0 Å². The standard InChI is InChI=1S/C7H12ClNS2/c1-3-4-11-7(10)9-5-6(2)8/h2-5H2,1H3,(H,9,10). The summed E-state index contributed by atoms with van der Waals surface area (Å²) in [4.78, 5) is 0. The van der Waals surface area contributed by atoms with Crippen LogP contribution in [-0.2, 0) is 0 Å². The van der Waals surface area contributed by atoms with Crippen molar-refractivity contribution in [1.29, 1.82) is 0 Å². The highest BCUT2D eigenvalue weighted by atomic mass is 35.5. The first kappa shape index (κ1) is 11.3. The van der Waals surface area contributed by atoms with Gasteiger partial charge in [-0.2, -0.15) is 0 Å². The molecule has 0 aromatic rings. The molecule has 4 heteroatoms. The molecule has 0 aromatic carbocycles. The van der Waals surface area contributed by atoms with Crippen molar-refractivity contribution >= 4 is 39.9 Å². The SMILES string of the molecule is C=C(Cl)CNC(=S)SCCC. The molecular weight excluding hydrogens is 198 g/mol. The fourth-order valence-electron chi connectivity index (χ4n) is 0.414. The van der Waals surface area contributed by atoms with Gasteiger partial charge in [0.25, 0.3) is 0 Å². The number of thioether (sulfide) groups is 1. The zero-order valence-electron chi connectivity index (χ0n) is 6.52. The largest absolute Gasteiger partial charge is 0.366 e. The van der Waals surface area contributed by atoms with Crippen LogP contribution in [-0.4, -0.2) is 16.6 Å². The molecule has 0 unspecified atom stereocenters. The summed E-state index contributed by atoms with van der Waals surface area (Å²) in [5.74, 6) is 1.06. The van der Waals surface area contributed by atoms with E-state index in [1.165, 1.54) is 0 Å². The van der Waals surface area contributed by atoms with Crippen LogP contribution >= 0.6 is 35.6 Å². The van der Waals surface area contributed by atoms with Crippen LogP contribution in [0.25, 0.3) is 0 Å². The summed E-state index contributed by atoms with van der Waals surface area (Å²) in [5, 5.41) is 3.57. The molecule has 0 bridgehead atoms. The van der Waals surface area contributed by atoms with Gasteiger partial charge in [0.2, 0.25) is 0 Å². The summed E-state index contributed by atoms with van der Waals surface area (Å²) < 4.78 is 0.800. The van der Waals surface area contributed by atoms with Crippen molar-refractivity contribution in [3.05, 3.63) is 11.6 Å². The molecule has 0 aliphatic heterocycles. The highest BCUT2D eigenvalue weighted by molar-refractivity contribution is 8.22. The predicted octanol–water partition coefficient (Wildman–Crippen LogP) is 2.76. The fourth-order valence-corrected chi connectivity index (χ4v) is 1.37. The number of hydrogen-bond acceptors (Lipinski definition) is 2. The molecule has 64 valence electrons. The summed E-state index contributed by atoms with van der Waals surface area (Å²) in [7, 11) is 0. The van der Waals surface area contributed by atoms with Gasteiger partial charge < -0.3 is 5.32 Å². The summed E-state index contributed by atoms with van der Waals surface area (Å²) in [5.41, 5.74) is 0. The second-order valence-corrected chi connectivity index (χ2v) is 4.31. The molecule has 0 atom stereocenters. The van der Waals surface area contributed by atoms with E-state index in [1.807, 2.05) is 0 Å². The summed E-state index contributed by atoms with van der Waals surface area (Å²) in [6.07, 6.45) is 1.13. The lowest BCUT2D eigenvalue weighted by Crippen LogP contribution is -2.19. The first-order valence-electron chi connectivity index (χ1n) is 3.40. The first-order chi connectivity index (χ1) is 5.16. The van der Waals surface area contributed by atoms with Gasteiger partial charge in [-0.15, -0.1) is 0 Å². The van der Waals surface area contributed by atoms with Crippen molar-refractivity contribution < 1.29 is 0 Å². The van der Waals surface area contributed by atoms with Crippen molar-refractivity contribution in [1.82, 2.24) is 5.32 Å². The molecule has 0 saturated carbocycles. The zero-order valence-corrected chi connectivity index (χ0v) is 8.91. The molecule has 0 aromatic heterocycles. The second kappa shape index (κ2) is 6.95. The number of hydrogen-bond donors (Lipinski definition) is 1. The predicted molar refractivity (Wildman–Crippen MR) is 58.3 cm³/mol. The second-order valence-electron chi connectivity index (χ2n) is 2.01. The molecule has 0 rings (SSSR count). The normalized spacial score (nSPS) is 9.27. The molecule has 0 spiro atoms. The number of halogens is 1. The van der Waals surface area contributed by atoms with E-state index in [4.69, 9.17) is 23.8 Å². The highest BCUT2D eigenvalue weighted by Crippen LogP contribution is 2.04. The maximum Gasteiger partial charge on any atom is 0.134 e.